The van der Waals surface area contributed by atoms with Crippen LogP contribution in [0.3, 0.4) is 0 Å². The molecule has 0 aromatic heterocycles. The van der Waals surface area contributed by atoms with Gasteiger partial charge in [0.2, 0.25) is 6.79 Å². The molecule has 0 saturated carbocycles. The van der Waals surface area contributed by atoms with E-state index >= 15 is 0 Å². The Bertz CT molecular complexity index is 757. The number of nitrogens with zero attached hydrogens (tertiary/aromatic N) is 1. The van der Waals surface area contributed by atoms with Gasteiger partial charge in [-0.2, -0.15) is 0 Å². The van der Waals surface area contributed by atoms with E-state index in [0.717, 1.165) is 34.3 Å². The van der Waals surface area contributed by atoms with E-state index in [0.29, 0.717) is 13.1 Å². The molecular weight excluding hydrogens is 330 g/mol. The highest BCUT2D eigenvalue weighted by atomic mass is 16.7. The van der Waals surface area contributed by atoms with Crippen molar-refractivity contribution in [3.8, 4) is 17.2 Å². The van der Waals surface area contributed by atoms with Crippen molar-refractivity contribution in [1.82, 2.24) is 10.6 Å². The monoisotopic (exact) mass is 355 g/mol. The van der Waals surface area contributed by atoms with Crippen molar-refractivity contribution < 1.29 is 14.2 Å². The van der Waals surface area contributed by atoms with Crippen molar-refractivity contribution >= 4 is 5.96 Å². The maximum Gasteiger partial charge on any atom is 0.231 e. The molecule has 3 rings (SSSR count). The van der Waals surface area contributed by atoms with Crippen LogP contribution >= 0.6 is 0 Å². The van der Waals surface area contributed by atoms with Crippen molar-refractivity contribution in [2.24, 2.45) is 4.99 Å². The quantitative estimate of drug-likeness (QED) is 0.616. The maximum atomic E-state index is 5.66. The largest absolute Gasteiger partial charge is 0.491 e. The van der Waals surface area contributed by atoms with Gasteiger partial charge in [0.15, 0.2) is 17.5 Å². The highest BCUT2D eigenvalue weighted by Gasteiger charge is 2.13. The fourth-order valence-corrected chi connectivity index (χ4v) is 2.60. The molecule has 1 aliphatic heterocycles. The zero-order chi connectivity index (χ0) is 18.4. The van der Waals surface area contributed by atoms with Gasteiger partial charge in [0, 0.05) is 20.1 Å². The van der Waals surface area contributed by atoms with Crippen molar-refractivity contribution in [3.05, 3.63) is 53.6 Å². The summed E-state index contributed by atoms with van der Waals surface area (Å²) < 4.78 is 16.4. The van der Waals surface area contributed by atoms with Crippen LogP contribution in [0.1, 0.15) is 25.0 Å². The first-order chi connectivity index (χ1) is 12.6. The Balaban J connectivity index is 1.49. The second-order valence-electron chi connectivity index (χ2n) is 6.28. The Morgan fingerprint density at radius 2 is 1.65 bits per heavy atom. The van der Waals surface area contributed by atoms with Crippen LogP contribution < -0.4 is 24.8 Å². The summed E-state index contributed by atoms with van der Waals surface area (Å²) in [5, 5.41) is 6.61. The molecule has 1 heterocycles. The molecule has 0 saturated heterocycles. The average Bonchev–Trinajstić information content (AvgIpc) is 3.10. The minimum atomic E-state index is 0.179. The molecule has 0 amide bonds. The van der Waals surface area contributed by atoms with E-state index in [2.05, 4.69) is 27.8 Å². The van der Waals surface area contributed by atoms with Crippen LogP contribution in [0.2, 0.25) is 0 Å². The van der Waals surface area contributed by atoms with Crippen LogP contribution in [-0.4, -0.2) is 25.9 Å². The molecule has 0 fully saturated rings. The van der Waals surface area contributed by atoms with E-state index < -0.39 is 0 Å². The summed E-state index contributed by atoms with van der Waals surface area (Å²) >= 11 is 0. The summed E-state index contributed by atoms with van der Waals surface area (Å²) in [6.07, 6.45) is 0.179. The van der Waals surface area contributed by atoms with Gasteiger partial charge in [-0.05, 0) is 49.2 Å². The van der Waals surface area contributed by atoms with Gasteiger partial charge < -0.3 is 24.8 Å². The van der Waals surface area contributed by atoms with Gasteiger partial charge in [0.1, 0.15) is 5.75 Å². The first kappa shape index (κ1) is 17.9. The molecule has 138 valence electrons. The number of ether oxygens (including phenoxy) is 3. The zero-order valence-corrected chi connectivity index (χ0v) is 15.4. The molecule has 0 unspecified atom stereocenters. The normalized spacial score (nSPS) is 13.0. The Labute approximate surface area is 154 Å². The third-order valence-corrected chi connectivity index (χ3v) is 3.88. The number of hydrogen-bond donors (Lipinski definition) is 2. The van der Waals surface area contributed by atoms with Crippen LogP contribution in [-0.2, 0) is 13.1 Å². The van der Waals surface area contributed by atoms with Gasteiger partial charge in [-0.15, -0.1) is 0 Å². The van der Waals surface area contributed by atoms with E-state index in [4.69, 9.17) is 14.2 Å². The van der Waals surface area contributed by atoms with Crippen LogP contribution in [0.15, 0.2) is 47.5 Å². The van der Waals surface area contributed by atoms with Crippen molar-refractivity contribution in [2.75, 3.05) is 13.8 Å². The van der Waals surface area contributed by atoms with Gasteiger partial charge in [-0.3, -0.25) is 4.99 Å². The standard InChI is InChI=1S/C20H25N3O3/c1-14(2)26-17-7-4-15(5-8-17)11-22-20(21-3)23-12-16-6-9-18-19(10-16)25-13-24-18/h4-10,14H,11-13H2,1-3H3,(H2,21,22,23). The first-order valence-corrected chi connectivity index (χ1v) is 8.72. The minimum absolute atomic E-state index is 0.179. The summed E-state index contributed by atoms with van der Waals surface area (Å²) in [6.45, 7) is 5.66. The number of benzene rings is 2. The van der Waals surface area contributed by atoms with Gasteiger partial charge in [-0.25, -0.2) is 0 Å². The van der Waals surface area contributed by atoms with Gasteiger partial charge in [0.25, 0.3) is 0 Å². The third kappa shape index (κ3) is 4.81. The molecule has 6 heteroatoms. The molecule has 2 aromatic rings. The molecular formula is C20H25N3O3. The van der Waals surface area contributed by atoms with E-state index in [1.165, 1.54) is 0 Å². The van der Waals surface area contributed by atoms with Crippen LogP contribution in [0, 0.1) is 0 Å². The predicted molar refractivity (Wildman–Crippen MR) is 102 cm³/mol. The lowest BCUT2D eigenvalue weighted by atomic mass is 10.2. The molecule has 0 spiro atoms. The highest BCUT2D eigenvalue weighted by Crippen LogP contribution is 2.32. The van der Waals surface area contributed by atoms with E-state index in [9.17, 15) is 0 Å². The molecule has 1 aliphatic rings. The Kier molecular flexibility index (Phi) is 5.84. The summed E-state index contributed by atoms with van der Waals surface area (Å²) in [5.74, 6) is 3.20. The lowest BCUT2D eigenvalue weighted by Crippen LogP contribution is -2.36. The number of aliphatic imine (C=N–C) groups is 1. The number of rotatable bonds is 6. The van der Waals surface area contributed by atoms with Crippen LogP contribution in [0.25, 0.3) is 0 Å². The maximum absolute atomic E-state index is 5.66. The molecule has 0 bridgehead atoms. The van der Waals surface area contributed by atoms with Crippen molar-refractivity contribution in [2.45, 2.75) is 33.0 Å². The van der Waals surface area contributed by atoms with E-state index in [-0.39, 0.29) is 12.9 Å². The number of hydrogen-bond acceptors (Lipinski definition) is 4. The smallest absolute Gasteiger partial charge is 0.231 e. The molecule has 26 heavy (non-hydrogen) atoms. The summed E-state index contributed by atoms with van der Waals surface area (Å²) in [4.78, 5) is 4.26. The SMILES string of the molecule is CN=C(NCc1ccc(OC(C)C)cc1)NCc1ccc2c(c1)OCO2. The number of fused-ring (bicyclic) bond motifs is 1. The second kappa shape index (κ2) is 8.47. The average molecular weight is 355 g/mol. The molecule has 0 atom stereocenters. The van der Waals surface area contributed by atoms with Crippen molar-refractivity contribution in [1.29, 1.82) is 0 Å². The Morgan fingerprint density at radius 3 is 2.35 bits per heavy atom. The van der Waals surface area contributed by atoms with Gasteiger partial charge >= 0.3 is 0 Å². The molecule has 6 nitrogen and oxygen atoms in total. The first-order valence-electron chi connectivity index (χ1n) is 8.72. The lowest BCUT2D eigenvalue weighted by Gasteiger charge is -2.13. The Morgan fingerprint density at radius 1 is 1.00 bits per heavy atom. The zero-order valence-electron chi connectivity index (χ0n) is 15.4. The van der Waals surface area contributed by atoms with E-state index in [1.54, 1.807) is 7.05 Å². The summed E-state index contributed by atoms with van der Waals surface area (Å²) in [7, 11) is 1.76. The highest BCUT2D eigenvalue weighted by molar-refractivity contribution is 5.79. The topological polar surface area (TPSA) is 64.1 Å². The van der Waals surface area contributed by atoms with Gasteiger partial charge in [0.05, 0.1) is 6.10 Å². The number of guanidine groups is 1. The Hall–Kier alpha value is -2.89. The third-order valence-electron chi connectivity index (χ3n) is 3.88. The fourth-order valence-electron chi connectivity index (χ4n) is 2.60. The number of nitrogens with one attached hydrogen (secondary N) is 2. The molecule has 2 aromatic carbocycles. The predicted octanol–water partition coefficient (Wildman–Crippen LogP) is 3.07. The van der Waals surface area contributed by atoms with E-state index in [1.807, 2.05) is 44.2 Å². The fraction of sp³-hybridized carbons (Fsp3) is 0.350. The van der Waals surface area contributed by atoms with Crippen LogP contribution in [0.4, 0.5) is 0 Å². The van der Waals surface area contributed by atoms with Crippen LogP contribution in [0.5, 0.6) is 17.2 Å². The summed E-state index contributed by atoms with van der Waals surface area (Å²) in [5.41, 5.74) is 2.26. The molecule has 0 aliphatic carbocycles. The molecule has 2 N–H and O–H groups in total. The van der Waals surface area contributed by atoms with Crippen molar-refractivity contribution in [3.63, 3.8) is 0 Å². The second-order valence-corrected chi connectivity index (χ2v) is 6.28. The summed E-state index contributed by atoms with van der Waals surface area (Å²) in [6, 6.07) is 14.0. The van der Waals surface area contributed by atoms with Gasteiger partial charge in [-0.1, -0.05) is 18.2 Å². The lowest BCUT2D eigenvalue weighted by molar-refractivity contribution is 0.174. The minimum Gasteiger partial charge on any atom is -0.491 e. The molecule has 0 radical (unpaired) electrons.